The van der Waals surface area contributed by atoms with E-state index in [0.29, 0.717) is 6.04 Å². The topological polar surface area (TPSA) is 38.5 Å². The first-order valence-electron chi connectivity index (χ1n) is 8.96. The van der Waals surface area contributed by atoms with Crippen molar-refractivity contribution in [2.45, 2.75) is 36.9 Å². The van der Waals surface area contributed by atoms with Gasteiger partial charge in [-0.3, -0.25) is 4.90 Å². The molecule has 0 saturated carbocycles. The van der Waals surface area contributed by atoms with E-state index >= 15 is 0 Å². The zero-order chi connectivity index (χ0) is 16.4. The van der Waals surface area contributed by atoms with Gasteiger partial charge in [0.2, 0.25) is 0 Å². The molecule has 2 aromatic carbocycles. The first-order valence-corrected chi connectivity index (χ1v) is 8.96. The van der Waals surface area contributed by atoms with Crippen LogP contribution >= 0.6 is 0 Å². The van der Waals surface area contributed by atoms with E-state index in [0.717, 1.165) is 39.0 Å². The summed E-state index contributed by atoms with van der Waals surface area (Å²) in [4.78, 5) is 2.65. The molecule has 1 unspecified atom stereocenters. The molecular weight excluding hydrogens is 296 g/mol. The number of ether oxygens (including phenoxy) is 1. The summed E-state index contributed by atoms with van der Waals surface area (Å²) in [7, 11) is 0. The third-order valence-corrected chi connectivity index (χ3v) is 5.71. The van der Waals surface area contributed by atoms with Crippen molar-refractivity contribution >= 4 is 0 Å². The molecule has 0 bridgehead atoms. The number of benzene rings is 2. The number of hydrogen-bond donors (Lipinski definition) is 1. The fourth-order valence-corrected chi connectivity index (χ4v) is 4.36. The quantitative estimate of drug-likeness (QED) is 0.920. The van der Waals surface area contributed by atoms with Gasteiger partial charge in [-0.05, 0) is 30.4 Å². The highest BCUT2D eigenvalue weighted by molar-refractivity contribution is 5.26. The molecule has 2 N–H and O–H groups in total. The van der Waals surface area contributed by atoms with Crippen LogP contribution in [0.3, 0.4) is 0 Å². The van der Waals surface area contributed by atoms with Crippen molar-refractivity contribution in [3.63, 3.8) is 0 Å². The van der Waals surface area contributed by atoms with Gasteiger partial charge < -0.3 is 10.5 Å². The molecule has 2 fully saturated rings. The molecule has 0 amide bonds. The molecule has 0 aromatic heterocycles. The molecule has 24 heavy (non-hydrogen) atoms. The Balaban J connectivity index is 1.69. The molecule has 1 atom stereocenters. The van der Waals surface area contributed by atoms with E-state index in [1.165, 1.54) is 11.1 Å². The molecule has 126 valence electrons. The lowest BCUT2D eigenvalue weighted by molar-refractivity contribution is -0.0923. The molecule has 2 heterocycles. The van der Waals surface area contributed by atoms with Crippen molar-refractivity contribution in [1.29, 1.82) is 0 Å². The van der Waals surface area contributed by atoms with Crippen LogP contribution in [0.15, 0.2) is 60.7 Å². The Kier molecular flexibility index (Phi) is 4.40. The van der Waals surface area contributed by atoms with Crippen LogP contribution in [0.25, 0.3) is 0 Å². The number of nitrogens with two attached hydrogens (primary N) is 1. The monoisotopic (exact) mass is 322 g/mol. The van der Waals surface area contributed by atoms with Gasteiger partial charge in [0.25, 0.3) is 0 Å². The Morgan fingerprint density at radius 3 is 1.92 bits per heavy atom. The van der Waals surface area contributed by atoms with Crippen molar-refractivity contribution in [3.05, 3.63) is 71.8 Å². The molecule has 2 aromatic rings. The predicted octanol–water partition coefficient (Wildman–Crippen LogP) is 2.64. The van der Waals surface area contributed by atoms with Gasteiger partial charge in [0.15, 0.2) is 0 Å². The molecule has 2 saturated heterocycles. The van der Waals surface area contributed by atoms with Crippen LogP contribution in [-0.4, -0.2) is 42.3 Å². The highest BCUT2D eigenvalue weighted by Crippen LogP contribution is 2.38. The molecular formula is C21H26N2O. The Labute approximate surface area is 144 Å². The standard InChI is InChI=1S/C21H26N2O/c22-20-11-12-23(19-15-24-16-19)21(20,13-17-7-3-1-4-8-17)14-18-9-5-2-6-10-18/h1-10,19-20H,11-16,22H2. The van der Waals surface area contributed by atoms with E-state index in [2.05, 4.69) is 65.6 Å². The Morgan fingerprint density at radius 1 is 0.917 bits per heavy atom. The maximum Gasteiger partial charge on any atom is 0.0645 e. The highest BCUT2D eigenvalue weighted by atomic mass is 16.5. The fourth-order valence-electron chi connectivity index (χ4n) is 4.36. The molecule has 2 aliphatic rings. The second kappa shape index (κ2) is 6.67. The number of likely N-dealkylation sites (tertiary alicyclic amines) is 1. The third kappa shape index (κ3) is 2.88. The van der Waals surface area contributed by atoms with E-state index in [-0.39, 0.29) is 11.6 Å². The summed E-state index contributed by atoms with van der Waals surface area (Å²) in [5.74, 6) is 0. The van der Waals surface area contributed by atoms with Gasteiger partial charge in [-0.1, -0.05) is 60.7 Å². The molecule has 0 radical (unpaired) electrons. The lowest BCUT2D eigenvalue weighted by atomic mass is 9.78. The average molecular weight is 322 g/mol. The zero-order valence-corrected chi connectivity index (χ0v) is 14.1. The van der Waals surface area contributed by atoms with E-state index in [9.17, 15) is 0 Å². The lowest BCUT2D eigenvalue weighted by Crippen LogP contribution is -2.63. The summed E-state index contributed by atoms with van der Waals surface area (Å²) in [5.41, 5.74) is 9.46. The first kappa shape index (κ1) is 15.8. The second-order valence-electron chi connectivity index (χ2n) is 7.21. The fraction of sp³-hybridized carbons (Fsp3) is 0.429. The first-order chi connectivity index (χ1) is 11.8. The number of nitrogens with zero attached hydrogens (tertiary/aromatic N) is 1. The van der Waals surface area contributed by atoms with Crippen LogP contribution in [0.4, 0.5) is 0 Å². The lowest BCUT2D eigenvalue weighted by Gasteiger charge is -2.48. The summed E-state index contributed by atoms with van der Waals surface area (Å²) in [6.45, 7) is 2.77. The summed E-state index contributed by atoms with van der Waals surface area (Å²) in [6.07, 6.45) is 3.07. The molecule has 2 aliphatic heterocycles. The van der Waals surface area contributed by atoms with Gasteiger partial charge in [-0.2, -0.15) is 0 Å². The van der Waals surface area contributed by atoms with Crippen LogP contribution in [0.2, 0.25) is 0 Å². The number of hydrogen-bond acceptors (Lipinski definition) is 3. The molecule has 0 aliphatic carbocycles. The van der Waals surface area contributed by atoms with Crippen molar-refractivity contribution < 1.29 is 4.74 Å². The van der Waals surface area contributed by atoms with Gasteiger partial charge >= 0.3 is 0 Å². The SMILES string of the molecule is NC1CCN(C2COC2)C1(Cc1ccccc1)Cc1ccccc1. The second-order valence-corrected chi connectivity index (χ2v) is 7.21. The minimum absolute atomic E-state index is 0.0167. The van der Waals surface area contributed by atoms with E-state index < -0.39 is 0 Å². The summed E-state index contributed by atoms with van der Waals surface area (Å²) in [6, 6.07) is 22.3. The maximum atomic E-state index is 6.73. The third-order valence-electron chi connectivity index (χ3n) is 5.71. The van der Waals surface area contributed by atoms with Gasteiger partial charge in [0, 0.05) is 18.1 Å². The predicted molar refractivity (Wildman–Crippen MR) is 96.9 cm³/mol. The largest absolute Gasteiger partial charge is 0.378 e. The smallest absolute Gasteiger partial charge is 0.0645 e. The Bertz CT molecular complexity index is 613. The Hall–Kier alpha value is -1.68. The molecule has 3 heteroatoms. The van der Waals surface area contributed by atoms with E-state index in [1.807, 2.05) is 0 Å². The maximum absolute atomic E-state index is 6.73. The Morgan fingerprint density at radius 2 is 1.46 bits per heavy atom. The number of rotatable bonds is 5. The normalized spacial score (nSPS) is 24.0. The van der Waals surface area contributed by atoms with Gasteiger partial charge in [0.1, 0.15) is 0 Å². The van der Waals surface area contributed by atoms with Crippen molar-refractivity contribution in [2.24, 2.45) is 5.73 Å². The zero-order valence-electron chi connectivity index (χ0n) is 14.1. The van der Waals surface area contributed by atoms with Crippen LogP contribution in [0.1, 0.15) is 17.5 Å². The van der Waals surface area contributed by atoms with Crippen molar-refractivity contribution in [1.82, 2.24) is 4.90 Å². The van der Waals surface area contributed by atoms with E-state index in [1.54, 1.807) is 0 Å². The van der Waals surface area contributed by atoms with Crippen LogP contribution in [-0.2, 0) is 17.6 Å². The van der Waals surface area contributed by atoms with Gasteiger partial charge in [0.05, 0.1) is 19.3 Å². The van der Waals surface area contributed by atoms with Gasteiger partial charge in [-0.15, -0.1) is 0 Å². The molecule has 3 nitrogen and oxygen atoms in total. The minimum atomic E-state index is -0.0167. The van der Waals surface area contributed by atoms with Crippen LogP contribution < -0.4 is 5.73 Å². The van der Waals surface area contributed by atoms with Crippen LogP contribution in [0, 0.1) is 0 Å². The average Bonchev–Trinajstić information content (AvgIpc) is 2.85. The van der Waals surface area contributed by atoms with Gasteiger partial charge in [-0.25, -0.2) is 0 Å². The van der Waals surface area contributed by atoms with Crippen molar-refractivity contribution in [3.8, 4) is 0 Å². The molecule has 4 rings (SSSR count). The van der Waals surface area contributed by atoms with Crippen LogP contribution in [0.5, 0.6) is 0 Å². The minimum Gasteiger partial charge on any atom is -0.378 e. The summed E-state index contributed by atoms with van der Waals surface area (Å²) >= 11 is 0. The van der Waals surface area contributed by atoms with E-state index in [4.69, 9.17) is 10.5 Å². The summed E-state index contributed by atoms with van der Waals surface area (Å²) in [5, 5.41) is 0. The van der Waals surface area contributed by atoms with Crippen molar-refractivity contribution in [2.75, 3.05) is 19.8 Å². The summed E-state index contributed by atoms with van der Waals surface area (Å²) < 4.78 is 5.49. The highest BCUT2D eigenvalue weighted by Gasteiger charge is 2.50. The molecule has 0 spiro atoms.